The number of hydrogen-bond donors (Lipinski definition) is 1. The lowest BCUT2D eigenvalue weighted by atomic mass is 9.68. The molecule has 1 aliphatic heterocycles. The summed E-state index contributed by atoms with van der Waals surface area (Å²) in [5.74, 6) is 0.757. The van der Waals surface area contributed by atoms with Crippen LogP contribution in [0.5, 0.6) is 0 Å². The zero-order valence-electron chi connectivity index (χ0n) is 19.8. The maximum Gasteiger partial charge on any atom is 0.166 e. The van der Waals surface area contributed by atoms with Crippen molar-refractivity contribution < 1.29 is 5.11 Å². The molecule has 1 atom stereocenters. The van der Waals surface area contributed by atoms with Crippen molar-refractivity contribution in [3.63, 3.8) is 0 Å². The fourth-order valence-electron chi connectivity index (χ4n) is 6.51. The number of nitrogens with zero attached hydrogens (tertiary/aromatic N) is 3. The van der Waals surface area contributed by atoms with Gasteiger partial charge >= 0.3 is 0 Å². The largest absolute Gasteiger partial charge is 0.365 e. The maximum atomic E-state index is 11.5. The van der Waals surface area contributed by atoms with Crippen LogP contribution in [0.3, 0.4) is 0 Å². The Morgan fingerprint density at radius 2 is 1.53 bits per heavy atom. The third-order valence-electron chi connectivity index (χ3n) is 8.80. The summed E-state index contributed by atoms with van der Waals surface area (Å²) in [5, 5.41) is 11.5. The second-order valence-corrected chi connectivity index (χ2v) is 10.7. The second kappa shape index (κ2) is 8.90. The minimum absolute atomic E-state index is 0.0814. The summed E-state index contributed by atoms with van der Waals surface area (Å²) in [6, 6.07) is 21.7. The van der Waals surface area contributed by atoms with Gasteiger partial charge in [0.25, 0.3) is 0 Å². The highest BCUT2D eigenvalue weighted by molar-refractivity contribution is 5.27. The molecule has 1 spiro atoms. The van der Waals surface area contributed by atoms with Crippen LogP contribution in [0.25, 0.3) is 0 Å². The van der Waals surface area contributed by atoms with E-state index in [1.165, 1.54) is 30.4 Å². The topological polar surface area (TPSA) is 30.0 Å². The quantitative estimate of drug-likeness (QED) is 0.718. The molecule has 5 rings (SSSR count). The van der Waals surface area contributed by atoms with Crippen molar-refractivity contribution in [3.05, 3.63) is 71.8 Å². The lowest BCUT2D eigenvalue weighted by Crippen LogP contribution is -2.57. The van der Waals surface area contributed by atoms with Gasteiger partial charge in [0, 0.05) is 30.7 Å². The van der Waals surface area contributed by atoms with E-state index in [0.717, 1.165) is 51.2 Å². The summed E-state index contributed by atoms with van der Waals surface area (Å²) >= 11 is 0. The lowest BCUT2D eigenvalue weighted by molar-refractivity contribution is -0.104. The molecule has 2 aromatic rings. The molecular formula is C28H39N3O. The molecule has 32 heavy (non-hydrogen) atoms. The van der Waals surface area contributed by atoms with E-state index in [1.807, 2.05) is 0 Å². The van der Waals surface area contributed by atoms with Crippen molar-refractivity contribution in [2.45, 2.75) is 68.9 Å². The SMILES string of the molecule is CN(C)[C@]1(c2ccccc2)CC[C@]2(CC1)CN(Cc1ccccc1)C(O)N2CC1CCC1. The van der Waals surface area contributed by atoms with Gasteiger partial charge in [-0.25, -0.2) is 0 Å². The minimum atomic E-state index is -0.473. The molecule has 1 unspecified atom stereocenters. The van der Waals surface area contributed by atoms with E-state index in [1.54, 1.807) is 0 Å². The molecule has 0 radical (unpaired) electrons. The van der Waals surface area contributed by atoms with E-state index in [0.29, 0.717) is 0 Å². The summed E-state index contributed by atoms with van der Waals surface area (Å²) in [4.78, 5) is 7.27. The molecule has 1 N–H and O–H groups in total. The predicted molar refractivity (Wildman–Crippen MR) is 130 cm³/mol. The number of benzene rings is 2. The monoisotopic (exact) mass is 433 g/mol. The van der Waals surface area contributed by atoms with Crippen molar-refractivity contribution in [2.75, 3.05) is 27.2 Å². The number of rotatable bonds is 6. The highest BCUT2D eigenvalue weighted by Gasteiger charge is 2.54. The Kier molecular flexibility index (Phi) is 6.15. The van der Waals surface area contributed by atoms with E-state index in [2.05, 4.69) is 89.5 Å². The fraction of sp³-hybridized carbons (Fsp3) is 0.571. The van der Waals surface area contributed by atoms with Crippen LogP contribution < -0.4 is 0 Å². The third-order valence-corrected chi connectivity index (χ3v) is 8.80. The van der Waals surface area contributed by atoms with Gasteiger partial charge in [-0.1, -0.05) is 67.1 Å². The molecule has 3 fully saturated rings. The Morgan fingerprint density at radius 3 is 2.09 bits per heavy atom. The molecule has 0 amide bonds. The van der Waals surface area contributed by atoms with Gasteiger partial charge in [-0.3, -0.25) is 14.7 Å². The Morgan fingerprint density at radius 1 is 0.906 bits per heavy atom. The zero-order valence-corrected chi connectivity index (χ0v) is 19.8. The van der Waals surface area contributed by atoms with E-state index in [9.17, 15) is 5.11 Å². The summed E-state index contributed by atoms with van der Waals surface area (Å²) in [6.45, 7) is 2.84. The van der Waals surface area contributed by atoms with Crippen molar-refractivity contribution in [3.8, 4) is 0 Å². The standard InChI is InChI=1S/C28H39N3O/c1-29(2)28(25-14-7-4-8-15-25)18-16-27(17-19-28)22-30(20-23-10-5-3-6-11-23)26(32)31(27)21-24-12-9-13-24/h3-8,10-11,14-15,24,26,32H,9,12-13,16-22H2,1-2H3/t26?,27-,28+. The van der Waals surface area contributed by atoms with E-state index in [-0.39, 0.29) is 11.1 Å². The predicted octanol–water partition coefficient (Wildman–Crippen LogP) is 4.65. The van der Waals surface area contributed by atoms with Crippen molar-refractivity contribution >= 4 is 0 Å². The van der Waals surface area contributed by atoms with E-state index >= 15 is 0 Å². The van der Waals surface area contributed by atoms with Crippen LogP contribution in [-0.2, 0) is 12.1 Å². The van der Waals surface area contributed by atoms with Gasteiger partial charge in [0.05, 0.1) is 0 Å². The van der Waals surface area contributed by atoms with Gasteiger partial charge in [-0.2, -0.15) is 0 Å². The molecule has 3 aliphatic rings. The fourth-order valence-corrected chi connectivity index (χ4v) is 6.51. The first-order chi connectivity index (χ1) is 15.5. The second-order valence-electron chi connectivity index (χ2n) is 10.7. The van der Waals surface area contributed by atoms with Crippen LogP contribution in [0.15, 0.2) is 60.7 Å². The molecule has 0 aromatic heterocycles. The Bertz CT molecular complexity index is 872. The molecule has 0 bridgehead atoms. The van der Waals surface area contributed by atoms with Gasteiger partial charge in [-0.05, 0) is 69.7 Å². The molecular weight excluding hydrogens is 394 g/mol. The highest BCUT2D eigenvalue weighted by atomic mass is 16.3. The molecule has 1 saturated heterocycles. The van der Waals surface area contributed by atoms with Crippen LogP contribution in [0, 0.1) is 5.92 Å². The Hall–Kier alpha value is -1.72. The summed E-state index contributed by atoms with van der Waals surface area (Å²) in [5.41, 5.74) is 2.89. The zero-order chi connectivity index (χ0) is 22.2. The van der Waals surface area contributed by atoms with Crippen molar-refractivity contribution in [2.24, 2.45) is 5.92 Å². The first-order valence-electron chi connectivity index (χ1n) is 12.5. The van der Waals surface area contributed by atoms with Crippen molar-refractivity contribution in [1.82, 2.24) is 14.7 Å². The summed E-state index contributed by atoms with van der Waals surface area (Å²) in [6.07, 6.45) is 8.07. The van der Waals surface area contributed by atoms with E-state index in [4.69, 9.17) is 0 Å². The van der Waals surface area contributed by atoms with Gasteiger partial charge in [-0.15, -0.1) is 0 Å². The molecule has 2 aromatic carbocycles. The Balaban J connectivity index is 1.39. The van der Waals surface area contributed by atoms with Crippen LogP contribution >= 0.6 is 0 Å². The smallest absolute Gasteiger partial charge is 0.166 e. The number of hydrogen-bond acceptors (Lipinski definition) is 4. The molecule has 1 heterocycles. The van der Waals surface area contributed by atoms with Crippen LogP contribution in [0.4, 0.5) is 0 Å². The maximum absolute atomic E-state index is 11.5. The van der Waals surface area contributed by atoms with Gasteiger partial charge in [0.15, 0.2) is 6.35 Å². The molecule has 2 aliphatic carbocycles. The van der Waals surface area contributed by atoms with Gasteiger partial charge in [0.1, 0.15) is 0 Å². The van der Waals surface area contributed by atoms with Crippen LogP contribution in [0.1, 0.15) is 56.1 Å². The van der Waals surface area contributed by atoms with Crippen LogP contribution in [-0.4, -0.2) is 58.9 Å². The lowest BCUT2D eigenvalue weighted by Gasteiger charge is -2.52. The van der Waals surface area contributed by atoms with Gasteiger partial charge in [0.2, 0.25) is 0 Å². The average molecular weight is 434 g/mol. The minimum Gasteiger partial charge on any atom is -0.365 e. The highest BCUT2D eigenvalue weighted by Crippen LogP contribution is 2.50. The van der Waals surface area contributed by atoms with E-state index < -0.39 is 6.35 Å². The first kappa shape index (κ1) is 22.1. The average Bonchev–Trinajstić information content (AvgIpc) is 3.03. The Labute approximate surface area is 193 Å². The summed E-state index contributed by atoms with van der Waals surface area (Å²) < 4.78 is 0. The summed E-state index contributed by atoms with van der Waals surface area (Å²) in [7, 11) is 4.48. The number of aliphatic hydroxyl groups excluding tert-OH is 1. The van der Waals surface area contributed by atoms with Crippen LogP contribution in [0.2, 0.25) is 0 Å². The molecule has 4 nitrogen and oxygen atoms in total. The molecule has 2 saturated carbocycles. The first-order valence-corrected chi connectivity index (χ1v) is 12.5. The van der Waals surface area contributed by atoms with Gasteiger partial charge < -0.3 is 5.11 Å². The third kappa shape index (κ3) is 3.92. The molecule has 172 valence electrons. The normalized spacial score (nSPS) is 31.9. The number of aliphatic hydroxyl groups is 1. The molecule has 4 heteroatoms. The van der Waals surface area contributed by atoms with Crippen molar-refractivity contribution in [1.29, 1.82) is 0 Å².